The molecule has 1 aliphatic rings. The van der Waals surface area contributed by atoms with Crippen LogP contribution in [0.25, 0.3) is 11.1 Å². The lowest BCUT2D eigenvalue weighted by molar-refractivity contribution is 0.0948. The fraction of sp³-hybridized carbons (Fsp3) is 0.320. The lowest BCUT2D eigenvalue weighted by Crippen LogP contribution is -2.32. The van der Waals surface area contributed by atoms with Crippen LogP contribution in [0.5, 0.6) is 0 Å². The molecule has 184 valence electrons. The normalized spacial score (nSPS) is 14.1. The maximum absolute atomic E-state index is 13.4. The Hall–Kier alpha value is -3.40. The van der Waals surface area contributed by atoms with Crippen LogP contribution in [0.15, 0.2) is 58.5 Å². The van der Waals surface area contributed by atoms with Crippen molar-refractivity contribution in [2.45, 2.75) is 50.1 Å². The molecule has 10 heteroatoms. The van der Waals surface area contributed by atoms with Crippen molar-refractivity contribution >= 4 is 15.7 Å². The van der Waals surface area contributed by atoms with Crippen molar-refractivity contribution in [1.29, 1.82) is 0 Å². The van der Waals surface area contributed by atoms with Gasteiger partial charge >= 0.3 is 0 Å². The summed E-state index contributed by atoms with van der Waals surface area (Å²) in [5.41, 5.74) is 0.779. The van der Waals surface area contributed by atoms with Crippen molar-refractivity contribution in [3.05, 3.63) is 81.5 Å². The zero-order chi connectivity index (χ0) is 25.3. The van der Waals surface area contributed by atoms with Gasteiger partial charge in [-0.2, -0.15) is 0 Å². The summed E-state index contributed by atoms with van der Waals surface area (Å²) in [5.74, 6) is -0.622. The third-order valence-electron chi connectivity index (χ3n) is 6.28. The Morgan fingerprint density at radius 2 is 1.97 bits per heavy atom. The molecule has 2 aromatic heterocycles. The van der Waals surface area contributed by atoms with Crippen molar-refractivity contribution < 1.29 is 22.0 Å². The minimum Gasteiger partial charge on any atom is -0.347 e. The molecule has 0 spiro atoms. The van der Waals surface area contributed by atoms with Gasteiger partial charge < -0.3 is 9.88 Å². The number of pyridine rings is 2. The maximum atomic E-state index is 13.4. The van der Waals surface area contributed by atoms with Gasteiger partial charge in [0, 0.05) is 41.5 Å². The van der Waals surface area contributed by atoms with Gasteiger partial charge in [0.05, 0.1) is 17.1 Å². The lowest BCUT2D eigenvalue weighted by Gasteiger charge is -2.31. The molecule has 35 heavy (non-hydrogen) atoms. The predicted octanol–water partition coefficient (Wildman–Crippen LogP) is 4.21. The number of benzene rings is 1. The van der Waals surface area contributed by atoms with Crippen LogP contribution < -0.4 is 10.7 Å². The molecule has 1 amide bonds. The molecule has 2 heterocycles. The second kappa shape index (κ2) is 9.69. The number of alkyl halides is 2. The van der Waals surface area contributed by atoms with Crippen LogP contribution in [0.3, 0.4) is 0 Å². The van der Waals surface area contributed by atoms with Gasteiger partial charge in [-0.1, -0.05) is 18.2 Å². The summed E-state index contributed by atoms with van der Waals surface area (Å²) in [4.78, 5) is 30.6. The van der Waals surface area contributed by atoms with E-state index in [2.05, 4.69) is 10.3 Å². The topological polar surface area (TPSA) is 98.1 Å². The first-order valence-corrected chi connectivity index (χ1v) is 13.0. The molecule has 4 rings (SSSR count). The highest BCUT2D eigenvalue weighted by Crippen LogP contribution is 2.35. The first-order chi connectivity index (χ1) is 16.6. The number of carbonyl (C=O) groups excluding carboxylic acids is 1. The van der Waals surface area contributed by atoms with Crippen LogP contribution in [0, 0.1) is 6.92 Å². The van der Waals surface area contributed by atoms with E-state index in [1.165, 1.54) is 42.7 Å². The maximum Gasteiger partial charge on any atom is 0.263 e. The fourth-order valence-corrected chi connectivity index (χ4v) is 4.66. The van der Waals surface area contributed by atoms with Crippen molar-refractivity contribution in [1.82, 2.24) is 14.9 Å². The Kier molecular flexibility index (Phi) is 6.84. The zero-order valence-electron chi connectivity index (χ0n) is 19.3. The summed E-state index contributed by atoms with van der Waals surface area (Å²) in [6.07, 6.45) is 3.97. The Bertz CT molecular complexity index is 1430. The van der Waals surface area contributed by atoms with E-state index >= 15 is 0 Å². The predicted molar refractivity (Wildman–Crippen MR) is 127 cm³/mol. The molecule has 0 atom stereocenters. The average molecular weight is 502 g/mol. The largest absolute Gasteiger partial charge is 0.347 e. The number of rotatable bonds is 7. The van der Waals surface area contributed by atoms with Crippen LogP contribution in [-0.4, -0.2) is 30.1 Å². The van der Waals surface area contributed by atoms with Gasteiger partial charge in [0.1, 0.15) is 5.56 Å². The van der Waals surface area contributed by atoms with Crippen molar-refractivity contribution in [2.24, 2.45) is 0 Å². The number of halogens is 2. The number of nitrogens with one attached hydrogen (secondary N) is 1. The highest BCUT2D eigenvalue weighted by molar-refractivity contribution is 7.90. The average Bonchev–Trinajstić information content (AvgIpc) is 2.78. The zero-order valence-corrected chi connectivity index (χ0v) is 20.1. The first kappa shape index (κ1) is 24.7. The smallest absolute Gasteiger partial charge is 0.263 e. The monoisotopic (exact) mass is 501 g/mol. The number of aromatic nitrogens is 2. The Labute approximate surface area is 201 Å². The van der Waals surface area contributed by atoms with E-state index < -0.39 is 27.6 Å². The van der Waals surface area contributed by atoms with E-state index in [0.29, 0.717) is 17.0 Å². The van der Waals surface area contributed by atoms with Gasteiger partial charge in [0.15, 0.2) is 9.84 Å². The molecule has 0 bridgehead atoms. The third-order valence-corrected chi connectivity index (χ3v) is 7.38. The molecule has 1 saturated carbocycles. The molecular formula is C25H25F2N3O4S. The van der Waals surface area contributed by atoms with Gasteiger partial charge in [-0.15, -0.1) is 0 Å². The number of carbonyl (C=O) groups is 1. The molecule has 0 unspecified atom stereocenters. The van der Waals surface area contributed by atoms with Crippen molar-refractivity contribution in [3.63, 3.8) is 0 Å². The van der Waals surface area contributed by atoms with Crippen molar-refractivity contribution in [2.75, 3.05) is 6.26 Å². The van der Waals surface area contributed by atoms with Crippen LogP contribution >= 0.6 is 0 Å². The first-order valence-electron chi connectivity index (χ1n) is 11.1. The van der Waals surface area contributed by atoms with Gasteiger partial charge in [0.2, 0.25) is 5.43 Å². The number of sulfone groups is 1. The molecule has 1 aliphatic carbocycles. The minimum absolute atomic E-state index is 0.0180. The van der Waals surface area contributed by atoms with E-state index in [9.17, 15) is 26.8 Å². The fourth-order valence-electron chi connectivity index (χ4n) is 4.10. The van der Waals surface area contributed by atoms with E-state index in [0.717, 1.165) is 25.5 Å². The van der Waals surface area contributed by atoms with Crippen LogP contribution in [0.2, 0.25) is 0 Å². The summed E-state index contributed by atoms with van der Waals surface area (Å²) >= 11 is 0. The van der Waals surface area contributed by atoms with E-state index in [1.54, 1.807) is 13.0 Å². The summed E-state index contributed by atoms with van der Waals surface area (Å²) in [6.45, 7) is 1.74. The molecule has 1 fully saturated rings. The van der Waals surface area contributed by atoms with Gasteiger partial charge in [-0.25, -0.2) is 17.2 Å². The van der Waals surface area contributed by atoms with Crippen LogP contribution in [-0.2, 0) is 16.4 Å². The summed E-state index contributed by atoms with van der Waals surface area (Å²) in [7, 11) is -3.39. The second-order valence-electron chi connectivity index (χ2n) is 8.69. The van der Waals surface area contributed by atoms with Crippen molar-refractivity contribution in [3.8, 4) is 11.1 Å². The molecule has 1 aromatic carbocycles. The van der Waals surface area contributed by atoms with Gasteiger partial charge in [0.25, 0.3) is 12.3 Å². The standard InChI is InChI=1S/C25H25F2N3O4S/c1-15-22(16-5-3-6-17(11-16)24(26)27)23(31)21(14-30(15)19-7-4-8-19)25(32)29-12-18-9-10-20(13-28-18)35(2,33)34/h3,5-6,9-11,13-14,19,24H,4,7-8,12H2,1-2H3,(H,29,32). The van der Waals surface area contributed by atoms with E-state index in [1.807, 2.05) is 4.57 Å². The SMILES string of the molecule is Cc1c(-c2cccc(C(F)F)c2)c(=O)c(C(=O)NCc2ccc(S(C)(=O)=O)cn2)cn1C1CCC1. The number of amides is 1. The third kappa shape index (κ3) is 5.17. The van der Waals surface area contributed by atoms with Gasteiger partial charge in [-0.05, 0) is 49.9 Å². The molecule has 7 nitrogen and oxygen atoms in total. The Morgan fingerprint density at radius 1 is 1.23 bits per heavy atom. The molecule has 3 aromatic rings. The number of nitrogens with zero attached hydrogens (tertiary/aromatic N) is 2. The molecular weight excluding hydrogens is 476 g/mol. The highest BCUT2D eigenvalue weighted by Gasteiger charge is 2.26. The summed E-state index contributed by atoms with van der Waals surface area (Å²) in [6, 6.07) is 8.66. The molecule has 0 saturated heterocycles. The van der Waals surface area contributed by atoms with Crippen LogP contribution in [0.4, 0.5) is 8.78 Å². The lowest BCUT2D eigenvalue weighted by atomic mass is 9.91. The number of hydrogen-bond acceptors (Lipinski definition) is 5. The number of hydrogen-bond donors (Lipinski definition) is 1. The van der Waals surface area contributed by atoms with E-state index in [-0.39, 0.29) is 34.2 Å². The summed E-state index contributed by atoms with van der Waals surface area (Å²) in [5, 5.41) is 2.66. The highest BCUT2D eigenvalue weighted by atomic mass is 32.2. The Morgan fingerprint density at radius 3 is 2.54 bits per heavy atom. The molecule has 0 aliphatic heterocycles. The van der Waals surface area contributed by atoms with E-state index in [4.69, 9.17) is 0 Å². The van der Waals surface area contributed by atoms with Gasteiger partial charge in [-0.3, -0.25) is 14.6 Å². The molecule has 0 radical (unpaired) electrons. The summed E-state index contributed by atoms with van der Waals surface area (Å²) < 4.78 is 51.7. The minimum atomic E-state index is -3.39. The van der Waals surface area contributed by atoms with Crippen LogP contribution in [0.1, 0.15) is 59.0 Å². The Balaban J connectivity index is 1.69. The molecule has 1 N–H and O–H groups in total. The quantitative estimate of drug-likeness (QED) is 0.523. The second-order valence-corrected chi connectivity index (χ2v) is 10.7.